The summed E-state index contributed by atoms with van der Waals surface area (Å²) in [5.41, 5.74) is 6.15. The molecule has 1 aromatic carbocycles. The Balaban J connectivity index is 2.03. The molecule has 0 bridgehead atoms. The molecule has 0 saturated carbocycles. The Morgan fingerprint density at radius 1 is 1.37 bits per heavy atom. The number of carbonyl (C=O) groups is 1. The lowest BCUT2D eigenvalue weighted by Gasteiger charge is -2.10. The van der Waals surface area contributed by atoms with Crippen molar-refractivity contribution in [3.05, 3.63) is 45.6 Å². The summed E-state index contributed by atoms with van der Waals surface area (Å²) in [6.07, 6.45) is 0. The van der Waals surface area contributed by atoms with Crippen LogP contribution in [-0.4, -0.2) is 11.7 Å². The zero-order valence-corrected chi connectivity index (χ0v) is 12.4. The molecule has 100 valence electrons. The zero-order valence-electron chi connectivity index (χ0n) is 10.1. The summed E-state index contributed by atoms with van der Waals surface area (Å²) < 4.78 is 0. The van der Waals surface area contributed by atoms with Crippen molar-refractivity contribution in [2.24, 2.45) is 5.73 Å². The van der Waals surface area contributed by atoms with E-state index in [9.17, 15) is 4.79 Å². The van der Waals surface area contributed by atoms with Crippen LogP contribution in [0.3, 0.4) is 0 Å². The molecule has 6 heteroatoms. The average Bonchev–Trinajstić information content (AvgIpc) is 2.80. The second kappa shape index (κ2) is 6.84. The smallest absolute Gasteiger partial charge is 0.227 e. The third-order valence-corrected chi connectivity index (χ3v) is 4.87. The van der Waals surface area contributed by atoms with Crippen LogP contribution in [0.15, 0.2) is 40.6 Å². The molecule has 2 rings (SSSR count). The standard InChI is InChI=1S/C13H13ClN2OS2/c14-9-5-6-18-12(9)7-16-10-3-1-2-4-11(10)19-8-13(15)17/h1-6,16H,7-8H2,(H2,15,17). The molecule has 3 N–H and O–H groups in total. The van der Waals surface area contributed by atoms with E-state index >= 15 is 0 Å². The van der Waals surface area contributed by atoms with Crippen LogP contribution in [0.4, 0.5) is 5.69 Å². The second-order valence-electron chi connectivity index (χ2n) is 3.80. The predicted octanol–water partition coefficient (Wildman–Crippen LogP) is 3.59. The third-order valence-electron chi connectivity index (χ3n) is 2.39. The molecular weight excluding hydrogens is 300 g/mol. The highest BCUT2D eigenvalue weighted by molar-refractivity contribution is 8.00. The fourth-order valence-electron chi connectivity index (χ4n) is 1.51. The minimum Gasteiger partial charge on any atom is -0.379 e. The number of anilines is 1. The summed E-state index contributed by atoms with van der Waals surface area (Å²) in [7, 11) is 0. The summed E-state index contributed by atoms with van der Waals surface area (Å²) in [4.78, 5) is 12.9. The van der Waals surface area contributed by atoms with Crippen molar-refractivity contribution < 1.29 is 4.79 Å². The summed E-state index contributed by atoms with van der Waals surface area (Å²) >= 11 is 9.10. The topological polar surface area (TPSA) is 55.1 Å². The quantitative estimate of drug-likeness (QED) is 0.801. The van der Waals surface area contributed by atoms with E-state index in [1.54, 1.807) is 11.3 Å². The number of rotatable bonds is 6. The van der Waals surface area contributed by atoms with Crippen LogP contribution in [-0.2, 0) is 11.3 Å². The predicted molar refractivity (Wildman–Crippen MR) is 83.0 cm³/mol. The molecule has 1 heterocycles. The monoisotopic (exact) mass is 312 g/mol. The van der Waals surface area contributed by atoms with Gasteiger partial charge in [-0.25, -0.2) is 0 Å². The van der Waals surface area contributed by atoms with Gasteiger partial charge >= 0.3 is 0 Å². The first-order valence-corrected chi connectivity index (χ1v) is 7.87. The lowest BCUT2D eigenvalue weighted by Crippen LogP contribution is -2.13. The van der Waals surface area contributed by atoms with Gasteiger partial charge in [-0.2, -0.15) is 0 Å². The maximum atomic E-state index is 10.8. The van der Waals surface area contributed by atoms with Gasteiger partial charge < -0.3 is 11.1 Å². The van der Waals surface area contributed by atoms with Crippen molar-refractivity contribution in [1.29, 1.82) is 0 Å². The van der Waals surface area contributed by atoms with E-state index in [4.69, 9.17) is 17.3 Å². The molecule has 0 spiro atoms. The maximum absolute atomic E-state index is 10.8. The van der Waals surface area contributed by atoms with E-state index < -0.39 is 0 Å². The first-order chi connectivity index (χ1) is 9.16. The Hall–Kier alpha value is -1.17. The van der Waals surface area contributed by atoms with Gasteiger partial charge in [-0.1, -0.05) is 23.7 Å². The van der Waals surface area contributed by atoms with Gasteiger partial charge in [0.1, 0.15) is 0 Å². The molecule has 0 radical (unpaired) electrons. The Morgan fingerprint density at radius 2 is 2.16 bits per heavy atom. The van der Waals surface area contributed by atoms with Crippen LogP contribution in [0.1, 0.15) is 4.88 Å². The van der Waals surface area contributed by atoms with Gasteiger partial charge in [-0.3, -0.25) is 4.79 Å². The molecule has 0 saturated heterocycles. The van der Waals surface area contributed by atoms with Crippen molar-refractivity contribution in [3.8, 4) is 0 Å². The van der Waals surface area contributed by atoms with Crippen molar-refractivity contribution >= 4 is 46.3 Å². The summed E-state index contributed by atoms with van der Waals surface area (Å²) in [6.45, 7) is 0.671. The van der Waals surface area contributed by atoms with E-state index in [2.05, 4.69) is 5.32 Å². The van der Waals surface area contributed by atoms with E-state index in [-0.39, 0.29) is 11.7 Å². The molecular formula is C13H13ClN2OS2. The van der Waals surface area contributed by atoms with Gasteiger partial charge in [0.25, 0.3) is 0 Å². The largest absolute Gasteiger partial charge is 0.379 e. The second-order valence-corrected chi connectivity index (χ2v) is 6.22. The number of halogens is 1. The Morgan fingerprint density at radius 3 is 2.84 bits per heavy atom. The van der Waals surface area contributed by atoms with Gasteiger partial charge in [-0.05, 0) is 23.6 Å². The number of carbonyl (C=O) groups excluding carboxylic acids is 1. The minimum absolute atomic E-state index is 0.276. The van der Waals surface area contributed by atoms with Crippen LogP contribution >= 0.6 is 34.7 Å². The van der Waals surface area contributed by atoms with Gasteiger partial charge in [0.15, 0.2) is 0 Å². The number of hydrogen-bond donors (Lipinski definition) is 2. The molecule has 2 aromatic rings. The number of benzene rings is 1. The van der Waals surface area contributed by atoms with E-state index in [1.807, 2.05) is 35.7 Å². The molecule has 3 nitrogen and oxygen atoms in total. The van der Waals surface area contributed by atoms with Gasteiger partial charge in [0.05, 0.1) is 17.3 Å². The van der Waals surface area contributed by atoms with E-state index in [0.717, 1.165) is 20.5 Å². The fourth-order valence-corrected chi connectivity index (χ4v) is 3.33. The van der Waals surface area contributed by atoms with E-state index in [1.165, 1.54) is 11.8 Å². The summed E-state index contributed by atoms with van der Waals surface area (Å²) in [6, 6.07) is 9.72. The molecule has 0 aliphatic heterocycles. The maximum Gasteiger partial charge on any atom is 0.227 e. The highest BCUT2D eigenvalue weighted by atomic mass is 35.5. The number of para-hydroxylation sites is 1. The lowest BCUT2D eigenvalue weighted by atomic mass is 10.3. The molecule has 1 aromatic heterocycles. The van der Waals surface area contributed by atoms with Crippen LogP contribution < -0.4 is 11.1 Å². The Labute approximate surface area is 125 Å². The van der Waals surface area contributed by atoms with Gasteiger partial charge in [0.2, 0.25) is 5.91 Å². The van der Waals surface area contributed by atoms with Crippen molar-refractivity contribution in [2.75, 3.05) is 11.1 Å². The first kappa shape index (κ1) is 14.2. The molecule has 1 amide bonds. The molecule has 0 aliphatic rings. The molecule has 19 heavy (non-hydrogen) atoms. The number of nitrogens with one attached hydrogen (secondary N) is 1. The van der Waals surface area contributed by atoms with Crippen molar-refractivity contribution in [1.82, 2.24) is 0 Å². The first-order valence-electron chi connectivity index (χ1n) is 5.62. The number of amides is 1. The van der Waals surface area contributed by atoms with Gasteiger partial charge in [-0.15, -0.1) is 23.1 Å². The summed E-state index contributed by atoms with van der Waals surface area (Å²) in [5, 5.41) is 6.08. The average molecular weight is 313 g/mol. The minimum atomic E-state index is -0.318. The van der Waals surface area contributed by atoms with Crippen molar-refractivity contribution in [2.45, 2.75) is 11.4 Å². The highest BCUT2D eigenvalue weighted by Crippen LogP contribution is 2.28. The van der Waals surface area contributed by atoms with Crippen molar-refractivity contribution in [3.63, 3.8) is 0 Å². The molecule has 0 fully saturated rings. The van der Waals surface area contributed by atoms with Gasteiger partial charge in [0, 0.05) is 15.5 Å². The number of thioether (sulfide) groups is 1. The highest BCUT2D eigenvalue weighted by Gasteiger charge is 2.06. The van der Waals surface area contributed by atoms with Crippen LogP contribution in [0.5, 0.6) is 0 Å². The number of hydrogen-bond acceptors (Lipinski definition) is 4. The molecule has 0 unspecified atom stereocenters. The Bertz CT molecular complexity index is 571. The lowest BCUT2D eigenvalue weighted by molar-refractivity contribution is -0.115. The zero-order chi connectivity index (χ0) is 13.7. The van der Waals surface area contributed by atoms with Crippen LogP contribution in [0, 0.1) is 0 Å². The normalized spacial score (nSPS) is 10.4. The summed E-state index contributed by atoms with van der Waals surface area (Å²) in [5.74, 6) is -0.0422. The number of thiophene rings is 1. The third kappa shape index (κ3) is 4.16. The number of primary amides is 1. The molecule has 0 atom stereocenters. The number of nitrogens with two attached hydrogens (primary N) is 1. The molecule has 0 aliphatic carbocycles. The fraction of sp³-hybridized carbons (Fsp3) is 0.154. The van der Waals surface area contributed by atoms with E-state index in [0.29, 0.717) is 6.54 Å². The SMILES string of the molecule is NC(=O)CSc1ccccc1NCc1sccc1Cl. The van der Waals surface area contributed by atoms with Crippen LogP contribution in [0.2, 0.25) is 5.02 Å². The Kier molecular flexibility index (Phi) is 5.13. The van der Waals surface area contributed by atoms with Crippen LogP contribution in [0.25, 0.3) is 0 Å².